The molecule has 1 amide bonds. The van der Waals surface area contributed by atoms with Crippen molar-refractivity contribution in [3.8, 4) is 0 Å². The maximum Gasteiger partial charge on any atom is 0.475 e. The largest absolute Gasteiger partial charge is 0.475 e. The fourth-order valence-corrected chi connectivity index (χ4v) is 5.34. The average Bonchev–Trinajstić information content (AvgIpc) is 3.08. The molecule has 1 heterocycles. The van der Waals surface area contributed by atoms with Crippen molar-refractivity contribution in [2.75, 3.05) is 13.7 Å². The molecule has 0 aromatic rings. The molecule has 0 aromatic carbocycles. The summed E-state index contributed by atoms with van der Waals surface area (Å²) in [6, 6.07) is -0.812. The minimum Gasteiger partial charge on any atom is -0.444 e. The molecule has 0 bridgehead atoms. The molecule has 4 atom stereocenters. The van der Waals surface area contributed by atoms with E-state index in [0.29, 0.717) is 6.42 Å². The lowest BCUT2D eigenvalue weighted by molar-refractivity contribution is 0.0335. The molecule has 1 aliphatic rings. The number of alkyl carbamates (subject to hydrolysis) is 1. The molecular formula is C24H48NO7P. The average molecular weight is 494 g/mol. The molecular weight excluding hydrogens is 445 g/mol. The summed E-state index contributed by atoms with van der Waals surface area (Å²) in [5.74, 6) is 0. The maximum absolute atomic E-state index is 12.6. The molecule has 1 rings (SSSR count). The first-order valence-corrected chi connectivity index (χ1v) is 14.2. The van der Waals surface area contributed by atoms with E-state index >= 15 is 0 Å². The van der Waals surface area contributed by atoms with Gasteiger partial charge in [-0.1, -0.05) is 84.0 Å². The van der Waals surface area contributed by atoms with Crippen molar-refractivity contribution >= 4 is 13.9 Å². The van der Waals surface area contributed by atoms with Crippen molar-refractivity contribution in [3.63, 3.8) is 0 Å². The Morgan fingerprint density at radius 2 is 1.48 bits per heavy atom. The first kappa shape index (κ1) is 30.4. The quantitative estimate of drug-likeness (QED) is 0.176. The van der Waals surface area contributed by atoms with Gasteiger partial charge in [0.25, 0.3) is 0 Å². The second kappa shape index (κ2) is 16.1. The van der Waals surface area contributed by atoms with Crippen molar-refractivity contribution in [2.45, 2.75) is 135 Å². The standard InChI is InChI=1S/C24H48NO7P/c1-6-7-8-9-10-11-12-13-14-15-16-17-18-21-22(32-33(28,29-5)31-21)20(19-26)25-23(27)30-24(2,3)4/h20-22,26H,6-19H2,1-5H3,(H,25,27)/t20-,21+,22-,33?/m0/s1. The second-order valence-corrected chi connectivity index (χ2v) is 11.6. The molecule has 2 N–H and O–H groups in total. The molecule has 8 nitrogen and oxygen atoms in total. The topological polar surface area (TPSA) is 103 Å². The molecule has 9 heteroatoms. The molecule has 1 saturated heterocycles. The molecule has 33 heavy (non-hydrogen) atoms. The van der Waals surface area contributed by atoms with Crippen LogP contribution in [0.4, 0.5) is 4.79 Å². The Kier molecular flexibility index (Phi) is 14.8. The third kappa shape index (κ3) is 13.1. The van der Waals surface area contributed by atoms with Gasteiger partial charge in [0.15, 0.2) is 0 Å². The third-order valence-corrected chi connectivity index (χ3v) is 7.22. The van der Waals surface area contributed by atoms with Crippen LogP contribution in [0.2, 0.25) is 0 Å². The molecule has 196 valence electrons. The number of ether oxygens (including phenoxy) is 1. The molecule has 0 saturated carbocycles. The van der Waals surface area contributed by atoms with Gasteiger partial charge >= 0.3 is 13.9 Å². The van der Waals surface area contributed by atoms with E-state index in [1.165, 1.54) is 64.9 Å². The minimum absolute atomic E-state index is 0.397. The molecule has 1 unspecified atom stereocenters. The van der Waals surface area contributed by atoms with Crippen LogP contribution in [0.1, 0.15) is 111 Å². The smallest absolute Gasteiger partial charge is 0.444 e. The fraction of sp³-hybridized carbons (Fsp3) is 0.958. The van der Waals surface area contributed by atoms with Crippen LogP contribution in [0.3, 0.4) is 0 Å². The summed E-state index contributed by atoms with van der Waals surface area (Å²) in [5.41, 5.74) is -0.673. The molecule has 1 aliphatic heterocycles. The third-order valence-electron chi connectivity index (χ3n) is 5.74. The van der Waals surface area contributed by atoms with Gasteiger partial charge in [-0.3, -0.25) is 13.6 Å². The lowest BCUT2D eigenvalue weighted by Crippen LogP contribution is -2.50. The van der Waals surface area contributed by atoms with Gasteiger partial charge in [-0.15, -0.1) is 0 Å². The predicted octanol–water partition coefficient (Wildman–Crippen LogP) is 6.50. The number of nitrogens with one attached hydrogen (secondary N) is 1. The summed E-state index contributed by atoms with van der Waals surface area (Å²) in [7, 11) is -2.44. The summed E-state index contributed by atoms with van der Waals surface area (Å²) >= 11 is 0. The first-order chi connectivity index (χ1) is 15.6. The van der Waals surface area contributed by atoms with Gasteiger partial charge in [-0.25, -0.2) is 9.36 Å². The highest BCUT2D eigenvalue weighted by Crippen LogP contribution is 2.58. The van der Waals surface area contributed by atoms with Crippen LogP contribution in [-0.2, 0) is 22.9 Å². The van der Waals surface area contributed by atoms with Gasteiger partial charge in [0.1, 0.15) is 11.7 Å². The Morgan fingerprint density at radius 3 is 1.94 bits per heavy atom. The van der Waals surface area contributed by atoms with Crippen molar-refractivity contribution in [1.82, 2.24) is 5.32 Å². The summed E-state index contributed by atoms with van der Waals surface area (Å²) in [6.45, 7) is 7.11. The summed E-state index contributed by atoms with van der Waals surface area (Å²) in [6.07, 6.45) is 13.6. The first-order valence-electron chi connectivity index (χ1n) is 12.8. The molecule has 0 spiro atoms. The highest BCUT2D eigenvalue weighted by atomic mass is 31.2. The van der Waals surface area contributed by atoms with Gasteiger partial charge in [-0.2, -0.15) is 0 Å². The zero-order valence-corrected chi connectivity index (χ0v) is 22.4. The van der Waals surface area contributed by atoms with Crippen LogP contribution in [0, 0.1) is 0 Å². The number of hydrogen-bond acceptors (Lipinski definition) is 7. The number of hydrogen-bond donors (Lipinski definition) is 2. The van der Waals surface area contributed by atoms with E-state index in [9.17, 15) is 14.5 Å². The minimum atomic E-state index is -3.70. The highest BCUT2D eigenvalue weighted by Gasteiger charge is 2.48. The van der Waals surface area contributed by atoms with Crippen LogP contribution in [0.5, 0.6) is 0 Å². The zero-order valence-electron chi connectivity index (χ0n) is 21.5. The van der Waals surface area contributed by atoms with E-state index < -0.39 is 44.4 Å². The Labute approximate surface area is 201 Å². The van der Waals surface area contributed by atoms with Gasteiger partial charge in [0.05, 0.1) is 18.8 Å². The number of rotatable bonds is 17. The Hall–Kier alpha value is -0.660. The number of phosphoric ester groups is 1. The number of carbonyl (C=O) groups excluding carboxylic acids is 1. The van der Waals surface area contributed by atoms with E-state index in [1.54, 1.807) is 20.8 Å². The molecule has 0 aliphatic carbocycles. The van der Waals surface area contributed by atoms with Crippen LogP contribution in [0.15, 0.2) is 0 Å². The Bertz CT molecular complexity index is 582. The predicted molar refractivity (Wildman–Crippen MR) is 130 cm³/mol. The SMILES string of the molecule is CCCCCCCCCCCCCC[C@H]1OP(=O)(OC)O[C@H]1[C@H](CO)NC(=O)OC(C)(C)C. The number of aliphatic hydroxyl groups excluding tert-OH is 1. The van der Waals surface area contributed by atoms with Crippen molar-refractivity contribution < 1.29 is 32.8 Å². The normalized spacial score (nSPS) is 24.1. The van der Waals surface area contributed by atoms with Crippen molar-refractivity contribution in [1.29, 1.82) is 0 Å². The second-order valence-electron chi connectivity index (χ2n) is 9.96. The fourth-order valence-electron chi connectivity index (χ4n) is 3.98. The molecule has 1 fully saturated rings. The van der Waals surface area contributed by atoms with Crippen LogP contribution >= 0.6 is 7.82 Å². The number of amides is 1. The van der Waals surface area contributed by atoms with E-state index in [2.05, 4.69) is 12.2 Å². The lowest BCUT2D eigenvalue weighted by Gasteiger charge is -2.27. The summed E-state index contributed by atoms with van der Waals surface area (Å²) in [5, 5.41) is 12.4. The monoisotopic (exact) mass is 493 g/mol. The van der Waals surface area contributed by atoms with E-state index in [4.69, 9.17) is 18.3 Å². The van der Waals surface area contributed by atoms with Crippen LogP contribution < -0.4 is 5.32 Å². The van der Waals surface area contributed by atoms with Gasteiger partial charge in [0, 0.05) is 7.11 Å². The molecule has 0 radical (unpaired) electrons. The van der Waals surface area contributed by atoms with Gasteiger partial charge < -0.3 is 15.2 Å². The number of carbonyl (C=O) groups is 1. The van der Waals surface area contributed by atoms with E-state index in [0.717, 1.165) is 19.3 Å². The maximum atomic E-state index is 12.6. The van der Waals surface area contributed by atoms with Crippen LogP contribution in [-0.4, -0.2) is 48.8 Å². The van der Waals surface area contributed by atoms with Gasteiger partial charge in [0.2, 0.25) is 0 Å². The van der Waals surface area contributed by atoms with E-state index in [-0.39, 0.29) is 0 Å². The Morgan fingerprint density at radius 1 is 0.970 bits per heavy atom. The number of unbranched alkanes of at least 4 members (excludes halogenated alkanes) is 11. The lowest BCUT2D eigenvalue weighted by atomic mass is 9.99. The van der Waals surface area contributed by atoms with Gasteiger partial charge in [-0.05, 0) is 27.2 Å². The van der Waals surface area contributed by atoms with Crippen molar-refractivity contribution in [3.05, 3.63) is 0 Å². The Balaban J connectivity index is 2.37. The zero-order chi connectivity index (χ0) is 24.7. The number of phosphoric acid groups is 1. The highest BCUT2D eigenvalue weighted by molar-refractivity contribution is 7.48. The van der Waals surface area contributed by atoms with E-state index in [1.807, 2.05) is 0 Å². The summed E-state index contributed by atoms with van der Waals surface area (Å²) < 4.78 is 33.9. The summed E-state index contributed by atoms with van der Waals surface area (Å²) in [4.78, 5) is 12.2. The van der Waals surface area contributed by atoms with Crippen molar-refractivity contribution in [2.24, 2.45) is 0 Å². The number of aliphatic hydroxyl groups is 1. The van der Waals surface area contributed by atoms with Crippen LogP contribution in [0.25, 0.3) is 0 Å². The molecule has 0 aromatic heterocycles.